The summed E-state index contributed by atoms with van der Waals surface area (Å²) in [6, 6.07) is 9.28. The summed E-state index contributed by atoms with van der Waals surface area (Å²) < 4.78 is 18.1. The monoisotopic (exact) mass is 423 g/mol. The lowest BCUT2D eigenvalue weighted by Crippen LogP contribution is -2.35. The Hall–Kier alpha value is -3.62. The Morgan fingerprint density at radius 2 is 1.71 bits per heavy atom. The predicted molar refractivity (Wildman–Crippen MR) is 114 cm³/mol. The summed E-state index contributed by atoms with van der Waals surface area (Å²) in [6.45, 7) is 1.53. The second-order valence-electron chi connectivity index (χ2n) is 7.26. The van der Waals surface area contributed by atoms with Gasteiger partial charge in [-0.05, 0) is 65.6 Å². The number of ether oxygens (including phenoxy) is 3. The molecule has 9 nitrogen and oxygen atoms in total. The van der Waals surface area contributed by atoms with Gasteiger partial charge in [-0.2, -0.15) is 0 Å². The third kappa shape index (κ3) is 4.03. The van der Waals surface area contributed by atoms with Crippen LogP contribution in [0.1, 0.15) is 29.6 Å². The van der Waals surface area contributed by atoms with Gasteiger partial charge in [-0.25, -0.2) is 4.68 Å². The molecule has 0 atom stereocenters. The Labute approximate surface area is 180 Å². The Balaban J connectivity index is 1.86. The molecule has 0 aliphatic carbocycles. The lowest BCUT2D eigenvalue weighted by Gasteiger charge is -2.27. The number of rotatable bonds is 6. The molecule has 0 N–H and O–H groups in total. The second-order valence-corrected chi connectivity index (χ2v) is 7.26. The van der Waals surface area contributed by atoms with E-state index in [2.05, 4.69) is 15.5 Å². The molecule has 162 valence electrons. The molecule has 1 amide bonds. The van der Waals surface area contributed by atoms with Gasteiger partial charge in [0.15, 0.2) is 11.5 Å². The molecule has 3 aromatic rings. The molecular formula is C22H25N5O4. The first-order valence-corrected chi connectivity index (χ1v) is 10.1. The van der Waals surface area contributed by atoms with E-state index in [0.717, 1.165) is 43.5 Å². The number of tetrazole rings is 1. The zero-order valence-electron chi connectivity index (χ0n) is 17.9. The Kier molecular flexibility index (Phi) is 6.01. The number of hydrogen-bond acceptors (Lipinski definition) is 7. The topological polar surface area (TPSA) is 91.6 Å². The van der Waals surface area contributed by atoms with Crippen molar-refractivity contribution < 1.29 is 19.0 Å². The van der Waals surface area contributed by atoms with Crippen LogP contribution in [0.15, 0.2) is 36.7 Å². The van der Waals surface area contributed by atoms with Crippen molar-refractivity contribution in [2.45, 2.75) is 19.3 Å². The summed E-state index contributed by atoms with van der Waals surface area (Å²) in [4.78, 5) is 15.2. The van der Waals surface area contributed by atoms with Gasteiger partial charge in [0.25, 0.3) is 5.91 Å². The van der Waals surface area contributed by atoms with Gasteiger partial charge in [-0.1, -0.05) is 0 Å². The molecule has 0 bridgehead atoms. The molecule has 1 saturated heterocycles. The van der Waals surface area contributed by atoms with Crippen LogP contribution in [0.25, 0.3) is 16.8 Å². The number of piperidine rings is 1. The number of carbonyl (C=O) groups is 1. The number of methoxy groups -OCH3 is 3. The van der Waals surface area contributed by atoms with E-state index in [-0.39, 0.29) is 5.91 Å². The number of nitrogens with zero attached hydrogens (tertiary/aromatic N) is 5. The van der Waals surface area contributed by atoms with Gasteiger partial charge in [0.05, 0.1) is 27.0 Å². The van der Waals surface area contributed by atoms with Crippen molar-refractivity contribution in [2.75, 3.05) is 34.4 Å². The van der Waals surface area contributed by atoms with Crippen LogP contribution in [0.2, 0.25) is 0 Å². The van der Waals surface area contributed by atoms with Crippen molar-refractivity contribution in [3.05, 3.63) is 42.2 Å². The zero-order valence-corrected chi connectivity index (χ0v) is 17.9. The number of likely N-dealkylation sites (tertiary alicyclic amines) is 1. The third-order valence-corrected chi connectivity index (χ3v) is 5.44. The fourth-order valence-corrected chi connectivity index (χ4v) is 3.91. The second kappa shape index (κ2) is 9.03. The van der Waals surface area contributed by atoms with Crippen LogP contribution in [-0.2, 0) is 0 Å². The van der Waals surface area contributed by atoms with Crippen molar-refractivity contribution in [1.29, 1.82) is 0 Å². The molecule has 4 rings (SSSR count). The van der Waals surface area contributed by atoms with Crippen molar-refractivity contribution in [3.8, 4) is 34.1 Å². The average molecular weight is 423 g/mol. The zero-order chi connectivity index (χ0) is 21.8. The van der Waals surface area contributed by atoms with Crippen molar-refractivity contribution in [2.24, 2.45) is 0 Å². The lowest BCUT2D eigenvalue weighted by atomic mass is 9.99. The maximum absolute atomic E-state index is 13.3. The Morgan fingerprint density at radius 1 is 0.935 bits per heavy atom. The maximum Gasteiger partial charge on any atom is 0.253 e. The minimum atomic E-state index is -0.00434. The lowest BCUT2D eigenvalue weighted by molar-refractivity contribution is 0.0724. The quantitative estimate of drug-likeness (QED) is 0.602. The molecule has 1 fully saturated rings. The minimum Gasteiger partial charge on any atom is -0.493 e. The van der Waals surface area contributed by atoms with Gasteiger partial charge in [-0.15, -0.1) is 5.10 Å². The maximum atomic E-state index is 13.3. The summed E-state index contributed by atoms with van der Waals surface area (Å²) in [5, 5.41) is 11.4. The summed E-state index contributed by atoms with van der Waals surface area (Å²) in [7, 11) is 4.71. The van der Waals surface area contributed by atoms with Crippen molar-refractivity contribution in [3.63, 3.8) is 0 Å². The molecule has 0 unspecified atom stereocenters. The van der Waals surface area contributed by atoms with Crippen LogP contribution in [0.4, 0.5) is 0 Å². The van der Waals surface area contributed by atoms with Gasteiger partial charge >= 0.3 is 0 Å². The number of carbonyl (C=O) groups excluding carboxylic acids is 1. The highest BCUT2D eigenvalue weighted by Gasteiger charge is 2.22. The van der Waals surface area contributed by atoms with Crippen LogP contribution >= 0.6 is 0 Å². The molecule has 0 radical (unpaired) electrons. The molecular weight excluding hydrogens is 398 g/mol. The van der Waals surface area contributed by atoms with E-state index in [0.29, 0.717) is 28.5 Å². The molecule has 2 heterocycles. The number of benzene rings is 2. The molecule has 0 saturated carbocycles. The van der Waals surface area contributed by atoms with Crippen LogP contribution < -0.4 is 14.2 Å². The SMILES string of the molecule is COc1ccc(-c2cc(C(=O)N3CCCCC3)cc(-n3cnnn3)c2)c(OC)c1OC. The molecule has 0 spiro atoms. The van der Waals surface area contributed by atoms with Gasteiger partial charge in [0.1, 0.15) is 6.33 Å². The van der Waals surface area contributed by atoms with Crippen molar-refractivity contribution >= 4 is 5.91 Å². The van der Waals surface area contributed by atoms with Gasteiger partial charge in [0.2, 0.25) is 5.75 Å². The number of amides is 1. The molecule has 1 aliphatic heterocycles. The van der Waals surface area contributed by atoms with E-state index in [1.165, 1.54) is 11.0 Å². The van der Waals surface area contributed by atoms with E-state index in [9.17, 15) is 4.79 Å². The highest BCUT2D eigenvalue weighted by molar-refractivity contribution is 5.96. The summed E-state index contributed by atoms with van der Waals surface area (Å²) in [5.41, 5.74) is 2.80. The third-order valence-electron chi connectivity index (χ3n) is 5.44. The van der Waals surface area contributed by atoms with E-state index < -0.39 is 0 Å². The normalized spacial score (nSPS) is 13.7. The molecule has 9 heteroatoms. The fraction of sp³-hybridized carbons (Fsp3) is 0.364. The Morgan fingerprint density at radius 3 is 2.35 bits per heavy atom. The summed E-state index contributed by atoms with van der Waals surface area (Å²) in [5.74, 6) is 1.56. The van der Waals surface area contributed by atoms with E-state index in [4.69, 9.17) is 14.2 Å². The fourth-order valence-electron chi connectivity index (χ4n) is 3.91. The standard InChI is InChI=1S/C22H25N5O4/c1-29-19-8-7-18(20(30-2)21(19)31-3)15-11-16(22(28)26-9-5-4-6-10-26)13-17(12-15)27-14-23-24-25-27/h7-8,11-14H,4-6,9-10H2,1-3H3. The van der Waals surface area contributed by atoms with Crippen molar-refractivity contribution in [1.82, 2.24) is 25.1 Å². The molecule has 31 heavy (non-hydrogen) atoms. The van der Waals surface area contributed by atoms with Gasteiger partial charge < -0.3 is 19.1 Å². The van der Waals surface area contributed by atoms with Crippen LogP contribution in [-0.4, -0.2) is 65.4 Å². The smallest absolute Gasteiger partial charge is 0.253 e. The molecule has 1 aliphatic rings. The van der Waals surface area contributed by atoms with Crippen LogP contribution in [0.3, 0.4) is 0 Å². The molecule has 1 aromatic heterocycles. The van der Waals surface area contributed by atoms with E-state index >= 15 is 0 Å². The van der Waals surface area contributed by atoms with Crippen LogP contribution in [0, 0.1) is 0 Å². The number of hydrogen-bond donors (Lipinski definition) is 0. The van der Waals surface area contributed by atoms with Gasteiger partial charge in [-0.3, -0.25) is 4.79 Å². The largest absolute Gasteiger partial charge is 0.493 e. The summed E-state index contributed by atoms with van der Waals surface area (Å²) in [6.07, 6.45) is 4.70. The first-order chi connectivity index (χ1) is 15.2. The van der Waals surface area contributed by atoms with Gasteiger partial charge in [0, 0.05) is 24.2 Å². The van der Waals surface area contributed by atoms with E-state index in [1.54, 1.807) is 21.3 Å². The summed E-state index contributed by atoms with van der Waals surface area (Å²) >= 11 is 0. The van der Waals surface area contributed by atoms with E-state index in [1.807, 2.05) is 35.2 Å². The minimum absolute atomic E-state index is 0.00434. The first-order valence-electron chi connectivity index (χ1n) is 10.1. The molecule has 2 aromatic carbocycles. The highest BCUT2D eigenvalue weighted by atomic mass is 16.5. The number of aromatic nitrogens is 4. The average Bonchev–Trinajstić information content (AvgIpc) is 3.38. The highest BCUT2D eigenvalue weighted by Crippen LogP contribution is 2.44. The predicted octanol–water partition coefficient (Wildman–Crippen LogP) is 2.98. The first kappa shape index (κ1) is 20.6. The Bertz CT molecular complexity index is 1060. The van der Waals surface area contributed by atoms with Crippen LogP contribution in [0.5, 0.6) is 17.2 Å².